The highest BCUT2D eigenvalue weighted by Crippen LogP contribution is 2.40. The van der Waals surface area contributed by atoms with E-state index in [1.165, 1.54) is 24.8 Å². The molecular weight excluding hydrogens is 310 g/mol. The number of ketones is 1. The molecule has 0 aliphatic heterocycles. The third-order valence-electron chi connectivity index (χ3n) is 3.81. The Hall–Kier alpha value is -2.73. The number of carbonyl (C=O) groups is 1. The van der Waals surface area contributed by atoms with Crippen LogP contribution in [0.2, 0.25) is 0 Å². The largest absolute Gasteiger partial charge is 0.481 e. The molecule has 1 aliphatic rings. The molecule has 25 heavy (non-hydrogen) atoms. The molecule has 0 amide bonds. The van der Waals surface area contributed by atoms with E-state index in [4.69, 9.17) is 16.9 Å². The van der Waals surface area contributed by atoms with Crippen LogP contribution in [0.15, 0.2) is 42.5 Å². The zero-order valence-electron chi connectivity index (χ0n) is 14.9. The minimum Gasteiger partial charge on any atom is -0.481 e. The molecule has 0 heterocycles. The topological polar surface area (TPSA) is 52.3 Å². The molecule has 0 aromatic heterocycles. The van der Waals surface area contributed by atoms with Crippen LogP contribution >= 0.6 is 0 Å². The molecule has 1 saturated carbocycles. The molecule has 0 atom stereocenters. The lowest BCUT2D eigenvalue weighted by molar-refractivity contribution is 0.103. The van der Waals surface area contributed by atoms with Crippen LogP contribution in [0.5, 0.6) is 5.75 Å². The summed E-state index contributed by atoms with van der Waals surface area (Å²) in [5.74, 6) is 3.51. The first-order valence-electron chi connectivity index (χ1n) is 8.71. The number of benzene rings is 2. The van der Waals surface area contributed by atoms with E-state index < -0.39 is 0 Å². The van der Waals surface area contributed by atoms with Crippen molar-refractivity contribution in [2.75, 3.05) is 12.3 Å². The highest BCUT2D eigenvalue weighted by atomic mass is 16.5. The number of anilines is 1. The van der Waals surface area contributed by atoms with Crippen LogP contribution in [0.1, 0.15) is 60.5 Å². The fourth-order valence-electron chi connectivity index (χ4n) is 2.43. The minimum atomic E-state index is -0.106. The highest BCUT2D eigenvalue weighted by molar-refractivity contribution is 6.12. The number of terminal acetylenes is 1. The molecule has 3 nitrogen and oxygen atoms in total. The van der Waals surface area contributed by atoms with Gasteiger partial charge in [-0.05, 0) is 42.5 Å². The van der Waals surface area contributed by atoms with Crippen LogP contribution in [0.4, 0.5) is 5.69 Å². The lowest BCUT2D eigenvalue weighted by Crippen LogP contribution is -2.06. The predicted octanol–water partition coefficient (Wildman–Crippen LogP) is 4.81. The van der Waals surface area contributed by atoms with Gasteiger partial charge in [-0.3, -0.25) is 4.79 Å². The Labute approximate surface area is 150 Å². The Morgan fingerprint density at radius 3 is 2.40 bits per heavy atom. The average Bonchev–Trinajstić information content (AvgIpc) is 3.46. The van der Waals surface area contributed by atoms with Crippen LogP contribution in [0, 0.1) is 12.3 Å². The number of rotatable bonds is 5. The molecule has 2 aromatic rings. The van der Waals surface area contributed by atoms with Gasteiger partial charge in [0.15, 0.2) is 5.78 Å². The maximum absolute atomic E-state index is 12.6. The van der Waals surface area contributed by atoms with Gasteiger partial charge in [0.25, 0.3) is 0 Å². The first-order valence-corrected chi connectivity index (χ1v) is 8.71. The minimum absolute atomic E-state index is 0.106. The molecule has 0 saturated heterocycles. The van der Waals surface area contributed by atoms with Crippen LogP contribution in [-0.4, -0.2) is 12.4 Å². The lowest BCUT2D eigenvalue weighted by atomic mass is 9.99. The zero-order valence-corrected chi connectivity index (χ0v) is 14.9. The Balaban J connectivity index is 0.000000701. The molecule has 2 N–H and O–H groups in total. The molecule has 0 spiro atoms. The smallest absolute Gasteiger partial charge is 0.195 e. The second kappa shape index (κ2) is 8.94. The average molecular weight is 335 g/mol. The summed E-state index contributed by atoms with van der Waals surface area (Å²) in [4.78, 5) is 12.6. The van der Waals surface area contributed by atoms with Crippen molar-refractivity contribution >= 4 is 11.5 Å². The van der Waals surface area contributed by atoms with E-state index in [1.807, 2.05) is 24.3 Å². The van der Waals surface area contributed by atoms with Crippen LogP contribution in [-0.2, 0) is 0 Å². The van der Waals surface area contributed by atoms with E-state index in [0.29, 0.717) is 28.5 Å². The van der Waals surface area contributed by atoms with Gasteiger partial charge in [-0.15, -0.1) is 6.42 Å². The summed E-state index contributed by atoms with van der Waals surface area (Å²) in [5, 5.41) is 0. The highest BCUT2D eigenvalue weighted by Gasteiger charge is 2.23. The summed E-state index contributed by atoms with van der Waals surface area (Å²) in [6.07, 6.45) is 8.91. The summed E-state index contributed by atoms with van der Waals surface area (Å²) in [6.45, 7) is 4.41. The first kappa shape index (κ1) is 18.6. The Bertz CT molecular complexity index is 753. The number of nitrogen functional groups attached to an aromatic ring is 1. The maximum Gasteiger partial charge on any atom is 0.195 e. The van der Waals surface area contributed by atoms with Crippen molar-refractivity contribution in [2.45, 2.75) is 39.0 Å². The number of nitrogens with two attached hydrogens (primary N) is 1. The number of ether oxygens (including phenoxy) is 1. The van der Waals surface area contributed by atoms with Gasteiger partial charge >= 0.3 is 0 Å². The molecular formula is C22H25NO2. The van der Waals surface area contributed by atoms with Gasteiger partial charge in [0.1, 0.15) is 12.4 Å². The molecule has 3 rings (SSSR count). The van der Waals surface area contributed by atoms with E-state index in [2.05, 4.69) is 19.8 Å². The van der Waals surface area contributed by atoms with Gasteiger partial charge in [-0.1, -0.05) is 50.5 Å². The number of hydrogen-bond acceptors (Lipinski definition) is 3. The normalized spacial score (nSPS) is 12.5. The van der Waals surface area contributed by atoms with Crippen molar-refractivity contribution in [1.29, 1.82) is 0 Å². The summed E-state index contributed by atoms with van der Waals surface area (Å²) in [6, 6.07) is 12.8. The Morgan fingerprint density at radius 2 is 1.84 bits per heavy atom. The summed E-state index contributed by atoms with van der Waals surface area (Å²) >= 11 is 0. The van der Waals surface area contributed by atoms with Crippen molar-refractivity contribution in [1.82, 2.24) is 0 Å². The van der Waals surface area contributed by atoms with Gasteiger partial charge in [0.2, 0.25) is 0 Å². The van der Waals surface area contributed by atoms with Crippen LogP contribution < -0.4 is 10.5 Å². The molecule has 1 aliphatic carbocycles. The van der Waals surface area contributed by atoms with E-state index in [9.17, 15) is 4.79 Å². The Kier molecular flexibility index (Phi) is 6.65. The second-order valence-electron chi connectivity index (χ2n) is 6.17. The van der Waals surface area contributed by atoms with E-state index in [-0.39, 0.29) is 12.4 Å². The molecule has 3 heteroatoms. The molecule has 0 unspecified atom stereocenters. The van der Waals surface area contributed by atoms with E-state index in [1.54, 1.807) is 18.2 Å². The third kappa shape index (κ3) is 5.12. The second-order valence-corrected chi connectivity index (χ2v) is 6.17. The molecule has 2 aromatic carbocycles. The van der Waals surface area contributed by atoms with Crippen LogP contribution in [0.25, 0.3) is 0 Å². The van der Waals surface area contributed by atoms with E-state index in [0.717, 1.165) is 0 Å². The van der Waals surface area contributed by atoms with Crippen molar-refractivity contribution in [3.63, 3.8) is 0 Å². The van der Waals surface area contributed by atoms with Crippen molar-refractivity contribution in [3.8, 4) is 18.1 Å². The molecule has 130 valence electrons. The predicted molar refractivity (Wildman–Crippen MR) is 103 cm³/mol. The fraction of sp³-hybridized carbons (Fsp3) is 0.318. The SMILES string of the molecule is C#CCOc1ccc(N)c(C(=O)c2ccc(C3CC3)cc2)c1.CCC. The Morgan fingerprint density at radius 1 is 1.20 bits per heavy atom. The monoisotopic (exact) mass is 335 g/mol. The quantitative estimate of drug-likeness (QED) is 0.485. The first-order chi connectivity index (χ1) is 12.1. The number of hydrogen-bond donors (Lipinski definition) is 1. The molecule has 1 fully saturated rings. The lowest BCUT2D eigenvalue weighted by Gasteiger charge is -2.09. The summed E-state index contributed by atoms with van der Waals surface area (Å²) in [7, 11) is 0. The van der Waals surface area contributed by atoms with Gasteiger partial charge in [-0.2, -0.15) is 0 Å². The van der Waals surface area contributed by atoms with Gasteiger partial charge in [-0.25, -0.2) is 0 Å². The van der Waals surface area contributed by atoms with Gasteiger partial charge < -0.3 is 10.5 Å². The van der Waals surface area contributed by atoms with E-state index >= 15 is 0 Å². The number of carbonyl (C=O) groups excluding carboxylic acids is 1. The van der Waals surface area contributed by atoms with Crippen molar-refractivity contribution in [3.05, 3.63) is 59.2 Å². The van der Waals surface area contributed by atoms with Crippen molar-refractivity contribution in [2.24, 2.45) is 0 Å². The van der Waals surface area contributed by atoms with Crippen LogP contribution in [0.3, 0.4) is 0 Å². The zero-order chi connectivity index (χ0) is 18.2. The maximum atomic E-state index is 12.6. The van der Waals surface area contributed by atoms with Gasteiger partial charge in [0, 0.05) is 16.8 Å². The van der Waals surface area contributed by atoms with Gasteiger partial charge in [0.05, 0.1) is 0 Å². The summed E-state index contributed by atoms with van der Waals surface area (Å²) in [5.41, 5.74) is 8.73. The standard InChI is InChI=1S/C19H17NO2.C3H8/c1-2-11-22-16-9-10-18(20)17(12-16)19(21)15-7-5-14(6-8-15)13-3-4-13;1-3-2/h1,5-10,12-13H,3-4,11,20H2;3H2,1-2H3. The summed E-state index contributed by atoms with van der Waals surface area (Å²) < 4.78 is 5.35. The fourth-order valence-corrected chi connectivity index (χ4v) is 2.43. The molecule has 0 radical (unpaired) electrons. The third-order valence-corrected chi connectivity index (χ3v) is 3.81. The molecule has 0 bridgehead atoms. The van der Waals surface area contributed by atoms with Crippen molar-refractivity contribution < 1.29 is 9.53 Å².